The standard InChI is InChI=1S/C24H29N3O5S/c1-5-26(6-2)33(30,31)21-14-13-18(3)22(17-21)24(29)32-19(4)23(28)27(16-10-15-25)20-11-8-7-9-12-20/h7-9,11-14,17,19H,5-6,10,16H2,1-4H3. The maximum Gasteiger partial charge on any atom is 0.339 e. The zero-order valence-electron chi connectivity index (χ0n) is 19.3. The van der Waals surface area contributed by atoms with Crippen LogP contribution < -0.4 is 4.90 Å². The number of nitrogens with zero attached hydrogens (tertiary/aromatic N) is 3. The molecule has 0 N–H and O–H groups in total. The average molecular weight is 472 g/mol. The van der Waals surface area contributed by atoms with Gasteiger partial charge in [0.1, 0.15) is 0 Å². The predicted octanol–water partition coefficient (Wildman–Crippen LogP) is 3.52. The molecule has 9 heteroatoms. The number of benzene rings is 2. The summed E-state index contributed by atoms with van der Waals surface area (Å²) in [6.07, 6.45) is -1.02. The number of para-hydroxylation sites is 1. The second-order valence-electron chi connectivity index (χ2n) is 7.35. The molecule has 0 bridgehead atoms. The quantitative estimate of drug-likeness (QED) is 0.491. The zero-order valence-corrected chi connectivity index (χ0v) is 20.1. The molecule has 2 aromatic carbocycles. The van der Waals surface area contributed by atoms with Crippen LogP contribution >= 0.6 is 0 Å². The van der Waals surface area contributed by atoms with E-state index in [9.17, 15) is 18.0 Å². The van der Waals surface area contributed by atoms with E-state index in [2.05, 4.69) is 0 Å². The van der Waals surface area contributed by atoms with Crippen LogP contribution in [0.3, 0.4) is 0 Å². The molecule has 8 nitrogen and oxygen atoms in total. The van der Waals surface area contributed by atoms with Gasteiger partial charge in [-0.2, -0.15) is 9.57 Å². The Morgan fingerprint density at radius 3 is 2.30 bits per heavy atom. The van der Waals surface area contributed by atoms with Crippen LogP contribution in [-0.2, 0) is 19.6 Å². The van der Waals surface area contributed by atoms with Gasteiger partial charge in [0.15, 0.2) is 6.10 Å². The average Bonchev–Trinajstić information content (AvgIpc) is 2.80. The Kier molecular flexibility index (Phi) is 9.14. The number of sulfonamides is 1. The molecule has 0 radical (unpaired) electrons. The van der Waals surface area contributed by atoms with E-state index in [1.54, 1.807) is 51.1 Å². The highest BCUT2D eigenvalue weighted by Crippen LogP contribution is 2.22. The molecule has 1 unspecified atom stereocenters. The normalized spacial score (nSPS) is 12.1. The number of hydrogen-bond donors (Lipinski definition) is 0. The summed E-state index contributed by atoms with van der Waals surface area (Å²) in [4.78, 5) is 27.3. The number of ether oxygens (including phenoxy) is 1. The monoisotopic (exact) mass is 471 g/mol. The van der Waals surface area contributed by atoms with Crippen molar-refractivity contribution in [2.24, 2.45) is 0 Å². The third-order valence-corrected chi connectivity index (χ3v) is 7.23. The van der Waals surface area contributed by atoms with Crippen molar-refractivity contribution in [2.75, 3.05) is 24.5 Å². The smallest absolute Gasteiger partial charge is 0.339 e. The number of anilines is 1. The van der Waals surface area contributed by atoms with Crippen molar-refractivity contribution in [3.05, 3.63) is 59.7 Å². The second kappa shape index (κ2) is 11.6. The summed E-state index contributed by atoms with van der Waals surface area (Å²) < 4.78 is 32.4. The Morgan fingerprint density at radius 2 is 1.73 bits per heavy atom. The van der Waals surface area contributed by atoms with Gasteiger partial charge in [-0.1, -0.05) is 38.1 Å². The molecule has 2 aromatic rings. The Hall–Kier alpha value is -3.22. The molecule has 0 aliphatic carbocycles. The van der Waals surface area contributed by atoms with E-state index in [1.165, 1.54) is 28.3 Å². The van der Waals surface area contributed by atoms with Gasteiger partial charge in [0.2, 0.25) is 10.0 Å². The van der Waals surface area contributed by atoms with E-state index in [0.29, 0.717) is 24.3 Å². The Bertz CT molecular complexity index is 1120. The van der Waals surface area contributed by atoms with Crippen molar-refractivity contribution in [3.8, 4) is 6.07 Å². The third kappa shape index (κ3) is 6.18. The molecule has 1 amide bonds. The first kappa shape index (κ1) is 26.0. The van der Waals surface area contributed by atoms with Crippen LogP contribution in [0.5, 0.6) is 0 Å². The summed E-state index contributed by atoms with van der Waals surface area (Å²) in [5.41, 5.74) is 1.19. The number of aryl methyl sites for hydroxylation is 1. The minimum Gasteiger partial charge on any atom is -0.449 e. The minimum atomic E-state index is -3.76. The lowest BCUT2D eigenvalue weighted by molar-refractivity contribution is -0.126. The number of rotatable bonds is 10. The molecule has 176 valence electrons. The van der Waals surface area contributed by atoms with Crippen LogP contribution in [0, 0.1) is 18.3 Å². The first-order chi connectivity index (χ1) is 15.7. The largest absolute Gasteiger partial charge is 0.449 e. The molecule has 0 aliphatic heterocycles. The lowest BCUT2D eigenvalue weighted by Gasteiger charge is -2.25. The van der Waals surface area contributed by atoms with Crippen LogP contribution in [0.4, 0.5) is 5.69 Å². The minimum absolute atomic E-state index is 0.0114. The molecule has 0 spiro atoms. The van der Waals surface area contributed by atoms with E-state index in [-0.39, 0.29) is 23.4 Å². The molecule has 0 saturated carbocycles. The summed E-state index contributed by atoms with van der Waals surface area (Å²) in [7, 11) is -3.76. The van der Waals surface area contributed by atoms with Gasteiger partial charge in [-0.05, 0) is 43.7 Å². The lowest BCUT2D eigenvalue weighted by Crippen LogP contribution is -2.40. The third-order valence-electron chi connectivity index (χ3n) is 5.18. The number of carbonyl (C=O) groups is 2. The first-order valence-corrected chi connectivity index (χ1v) is 12.2. The fraction of sp³-hybridized carbons (Fsp3) is 0.375. The number of hydrogen-bond acceptors (Lipinski definition) is 6. The summed E-state index contributed by atoms with van der Waals surface area (Å²) >= 11 is 0. The molecule has 0 aromatic heterocycles. The molecule has 33 heavy (non-hydrogen) atoms. The number of esters is 1. The molecule has 2 rings (SSSR count). The van der Waals surface area contributed by atoms with E-state index in [1.807, 2.05) is 12.1 Å². The van der Waals surface area contributed by atoms with Crippen molar-refractivity contribution in [1.29, 1.82) is 5.26 Å². The van der Waals surface area contributed by atoms with Gasteiger partial charge in [0.05, 0.1) is 22.9 Å². The lowest BCUT2D eigenvalue weighted by atomic mass is 10.1. The van der Waals surface area contributed by atoms with Gasteiger partial charge in [0, 0.05) is 25.3 Å². The summed E-state index contributed by atoms with van der Waals surface area (Å²) in [6.45, 7) is 7.35. The maximum absolute atomic E-state index is 13.0. The van der Waals surface area contributed by atoms with Crippen molar-refractivity contribution in [2.45, 2.75) is 45.1 Å². The van der Waals surface area contributed by atoms with E-state index in [4.69, 9.17) is 10.00 Å². The van der Waals surface area contributed by atoms with Crippen molar-refractivity contribution >= 4 is 27.6 Å². The summed E-state index contributed by atoms with van der Waals surface area (Å²) in [6, 6.07) is 15.1. The molecular formula is C24H29N3O5S. The topological polar surface area (TPSA) is 108 Å². The molecule has 1 atom stereocenters. The van der Waals surface area contributed by atoms with Gasteiger partial charge >= 0.3 is 5.97 Å². The first-order valence-electron chi connectivity index (χ1n) is 10.7. The Morgan fingerprint density at radius 1 is 1.09 bits per heavy atom. The number of nitriles is 1. The fourth-order valence-corrected chi connectivity index (χ4v) is 4.81. The van der Waals surface area contributed by atoms with Crippen LogP contribution in [0.25, 0.3) is 0 Å². The molecule has 0 aliphatic rings. The van der Waals surface area contributed by atoms with Crippen LogP contribution in [0.15, 0.2) is 53.4 Å². The SMILES string of the molecule is CCN(CC)S(=O)(=O)c1ccc(C)c(C(=O)OC(C)C(=O)N(CCC#N)c2ccccc2)c1. The highest BCUT2D eigenvalue weighted by Gasteiger charge is 2.28. The van der Waals surface area contributed by atoms with E-state index >= 15 is 0 Å². The van der Waals surface area contributed by atoms with E-state index in [0.717, 1.165) is 0 Å². The van der Waals surface area contributed by atoms with Gasteiger partial charge in [-0.25, -0.2) is 13.2 Å². The van der Waals surface area contributed by atoms with Gasteiger partial charge < -0.3 is 9.64 Å². The number of amides is 1. The number of carbonyl (C=O) groups excluding carboxylic acids is 2. The van der Waals surface area contributed by atoms with Crippen LogP contribution in [0.2, 0.25) is 0 Å². The summed E-state index contributed by atoms with van der Waals surface area (Å²) in [5, 5.41) is 8.95. The predicted molar refractivity (Wildman–Crippen MR) is 125 cm³/mol. The van der Waals surface area contributed by atoms with Gasteiger partial charge in [0.25, 0.3) is 5.91 Å². The van der Waals surface area contributed by atoms with Crippen LogP contribution in [-0.4, -0.2) is 50.3 Å². The molecule has 0 fully saturated rings. The van der Waals surface area contributed by atoms with Crippen molar-refractivity contribution < 1.29 is 22.7 Å². The van der Waals surface area contributed by atoms with Crippen molar-refractivity contribution in [1.82, 2.24) is 4.31 Å². The van der Waals surface area contributed by atoms with Gasteiger partial charge in [-0.3, -0.25) is 4.79 Å². The highest BCUT2D eigenvalue weighted by atomic mass is 32.2. The van der Waals surface area contributed by atoms with Crippen LogP contribution in [0.1, 0.15) is 43.1 Å². The fourth-order valence-electron chi connectivity index (χ4n) is 3.32. The highest BCUT2D eigenvalue weighted by molar-refractivity contribution is 7.89. The molecular weight excluding hydrogens is 442 g/mol. The van der Waals surface area contributed by atoms with Gasteiger partial charge in [-0.15, -0.1) is 0 Å². The maximum atomic E-state index is 13.0. The van der Waals surface area contributed by atoms with Crippen molar-refractivity contribution in [3.63, 3.8) is 0 Å². The second-order valence-corrected chi connectivity index (χ2v) is 9.29. The van der Waals surface area contributed by atoms with E-state index < -0.39 is 28.0 Å². The summed E-state index contributed by atoms with van der Waals surface area (Å²) in [5.74, 6) is -1.27. The molecule has 0 heterocycles. The Labute approximate surface area is 195 Å². The Balaban J connectivity index is 2.28. The zero-order chi connectivity index (χ0) is 24.6. The molecule has 0 saturated heterocycles.